The number of hydrogen-bond donors (Lipinski definition) is 1. The molecule has 2 bridgehead atoms. The van der Waals surface area contributed by atoms with Crippen molar-refractivity contribution in [3.05, 3.63) is 53.6 Å². The first-order valence-corrected chi connectivity index (χ1v) is 13.7. The van der Waals surface area contributed by atoms with Crippen molar-refractivity contribution in [1.82, 2.24) is 24.4 Å². The van der Waals surface area contributed by atoms with Gasteiger partial charge in [-0.2, -0.15) is 5.10 Å². The number of rotatable bonds is 5. The van der Waals surface area contributed by atoms with Crippen molar-refractivity contribution >= 4 is 17.5 Å². The summed E-state index contributed by atoms with van der Waals surface area (Å²) in [7, 11) is 0. The van der Waals surface area contributed by atoms with Gasteiger partial charge in [-0.15, -0.1) is 0 Å². The third-order valence-corrected chi connectivity index (χ3v) is 8.97. The van der Waals surface area contributed by atoms with Crippen LogP contribution in [0.2, 0.25) is 0 Å². The van der Waals surface area contributed by atoms with Crippen LogP contribution < -0.4 is 0 Å². The number of benzene rings is 1. The Morgan fingerprint density at radius 3 is 2.33 bits per heavy atom. The lowest BCUT2D eigenvalue weighted by Gasteiger charge is -2.69. The van der Waals surface area contributed by atoms with Crippen LogP contribution in [0.5, 0.6) is 0 Å². The van der Waals surface area contributed by atoms with Crippen molar-refractivity contribution in [3.8, 4) is 11.3 Å². The highest BCUT2D eigenvalue weighted by atomic mass is 19.1. The average Bonchev–Trinajstić information content (AvgIpc) is 3.22. The normalized spacial score (nSPS) is 26.3. The number of amides is 1. The molecule has 7 rings (SSSR count). The van der Waals surface area contributed by atoms with Gasteiger partial charge in [0.25, 0.3) is 5.91 Å². The van der Waals surface area contributed by atoms with Gasteiger partial charge in [-0.1, -0.05) is 20.8 Å². The van der Waals surface area contributed by atoms with Crippen LogP contribution in [0.25, 0.3) is 16.9 Å². The molecule has 1 aromatic carbocycles. The van der Waals surface area contributed by atoms with Crippen LogP contribution in [0.1, 0.15) is 69.9 Å². The minimum atomic E-state index is -0.651. The number of halogens is 1. The van der Waals surface area contributed by atoms with Gasteiger partial charge in [0.2, 0.25) is 0 Å². The zero-order valence-electron chi connectivity index (χ0n) is 23.3. The minimum Gasteiger partial charge on any atom is -0.481 e. The van der Waals surface area contributed by atoms with Crippen molar-refractivity contribution < 1.29 is 19.1 Å². The molecule has 4 aliphatic rings. The predicted octanol–water partition coefficient (Wildman–Crippen LogP) is 4.62. The zero-order chi connectivity index (χ0) is 28.0. The van der Waals surface area contributed by atoms with Crippen molar-refractivity contribution in [2.75, 3.05) is 26.2 Å². The number of carbonyl (C=O) groups excluding carboxylic acids is 1. The first kappa shape index (κ1) is 25.9. The number of hydrogen-bond acceptors (Lipinski definition) is 5. The van der Waals surface area contributed by atoms with Crippen molar-refractivity contribution in [3.63, 3.8) is 0 Å². The molecule has 9 heteroatoms. The smallest absolute Gasteiger partial charge is 0.309 e. The van der Waals surface area contributed by atoms with Gasteiger partial charge < -0.3 is 10.0 Å². The molecule has 3 heterocycles. The van der Waals surface area contributed by atoms with Crippen molar-refractivity contribution in [2.45, 2.75) is 64.8 Å². The van der Waals surface area contributed by atoms with E-state index >= 15 is 0 Å². The quantitative estimate of drug-likeness (QED) is 0.515. The maximum Gasteiger partial charge on any atom is 0.309 e. The monoisotopic (exact) mass is 533 g/mol. The van der Waals surface area contributed by atoms with Crippen LogP contribution in [-0.2, 0) is 10.2 Å². The first-order valence-electron chi connectivity index (χ1n) is 13.7. The summed E-state index contributed by atoms with van der Waals surface area (Å²) in [5.74, 6) is -1.08. The molecular weight excluding hydrogens is 497 g/mol. The van der Waals surface area contributed by atoms with Gasteiger partial charge in [-0.3, -0.25) is 14.5 Å². The molecule has 1 saturated heterocycles. The number of carbonyl (C=O) groups is 2. The topological polar surface area (TPSA) is 91.0 Å². The van der Waals surface area contributed by atoms with E-state index in [-0.39, 0.29) is 22.6 Å². The molecule has 0 radical (unpaired) electrons. The molecule has 3 aliphatic carbocycles. The summed E-state index contributed by atoms with van der Waals surface area (Å²) >= 11 is 0. The van der Waals surface area contributed by atoms with E-state index < -0.39 is 16.9 Å². The van der Waals surface area contributed by atoms with Crippen molar-refractivity contribution in [2.24, 2.45) is 10.8 Å². The average molecular weight is 534 g/mol. The fraction of sp³-hybridized carbons (Fsp3) is 0.533. The van der Waals surface area contributed by atoms with Crippen LogP contribution in [0, 0.1) is 16.6 Å². The molecule has 3 saturated carbocycles. The summed E-state index contributed by atoms with van der Waals surface area (Å²) in [4.78, 5) is 34.4. The molecule has 0 unspecified atom stereocenters. The molecule has 1 amide bonds. The Morgan fingerprint density at radius 1 is 1.08 bits per heavy atom. The maximum absolute atomic E-state index is 13.8. The molecule has 2 aromatic heterocycles. The molecule has 3 aromatic rings. The number of aliphatic carboxylic acids is 1. The standard InChI is InChI=1S/C30H36FN5O3/c1-27(2,3)21-12-22(19-6-8-20(31)9-7-19)33-36-13-23(32-24(21)36)25(37)35-11-10-34(17-28(35,4)5)18-29-14-30(15-29,16-29)26(38)39/h6-9,12-13H,10-11,14-18H2,1-5H3,(H,38,39). The van der Waals surface area contributed by atoms with Crippen LogP contribution in [0.4, 0.5) is 4.39 Å². The van der Waals surface area contributed by atoms with E-state index in [1.165, 1.54) is 12.1 Å². The van der Waals surface area contributed by atoms with Crippen LogP contribution in [0.15, 0.2) is 36.5 Å². The Labute approximate surface area is 227 Å². The summed E-state index contributed by atoms with van der Waals surface area (Å²) in [5, 5.41) is 14.2. The summed E-state index contributed by atoms with van der Waals surface area (Å²) < 4.78 is 15.2. The van der Waals surface area contributed by atoms with Gasteiger partial charge in [0.15, 0.2) is 5.65 Å². The van der Waals surface area contributed by atoms with Crippen LogP contribution >= 0.6 is 0 Å². The molecule has 4 fully saturated rings. The zero-order valence-corrected chi connectivity index (χ0v) is 23.3. The van der Waals surface area contributed by atoms with Crippen LogP contribution in [0.3, 0.4) is 0 Å². The third kappa shape index (κ3) is 4.22. The van der Waals surface area contributed by atoms with E-state index in [9.17, 15) is 19.1 Å². The molecule has 0 spiro atoms. The molecule has 1 N–H and O–H groups in total. The summed E-state index contributed by atoms with van der Waals surface area (Å²) in [6.45, 7) is 13.4. The third-order valence-electron chi connectivity index (χ3n) is 8.97. The summed E-state index contributed by atoms with van der Waals surface area (Å²) in [6, 6.07) is 8.22. The Balaban J connectivity index is 1.24. The summed E-state index contributed by atoms with van der Waals surface area (Å²) in [6.07, 6.45) is 4.03. The van der Waals surface area contributed by atoms with E-state index in [0.29, 0.717) is 23.6 Å². The Kier molecular flexibility index (Phi) is 5.54. The van der Waals surface area contributed by atoms with E-state index in [4.69, 9.17) is 10.1 Å². The highest BCUT2D eigenvalue weighted by molar-refractivity contribution is 5.93. The highest BCUT2D eigenvalue weighted by Gasteiger charge is 2.72. The van der Waals surface area contributed by atoms with Gasteiger partial charge in [-0.05, 0) is 74.3 Å². The van der Waals surface area contributed by atoms with E-state index in [1.54, 1.807) is 22.8 Å². The molecule has 1 aliphatic heterocycles. The fourth-order valence-corrected chi connectivity index (χ4v) is 7.17. The van der Waals surface area contributed by atoms with Gasteiger partial charge in [0.1, 0.15) is 11.5 Å². The predicted molar refractivity (Wildman–Crippen MR) is 145 cm³/mol. The minimum absolute atomic E-state index is 0.122. The van der Waals surface area contributed by atoms with E-state index in [0.717, 1.165) is 50.0 Å². The SMILES string of the molecule is CC(C)(C)c1cc(-c2ccc(F)cc2)nn2cc(C(=O)N3CCN(CC45CC(C(=O)O)(C4)C5)CC3(C)C)nc12. The summed E-state index contributed by atoms with van der Waals surface area (Å²) in [5.41, 5.74) is 2.45. The van der Waals surface area contributed by atoms with Crippen LogP contribution in [-0.4, -0.2) is 73.1 Å². The van der Waals surface area contributed by atoms with Gasteiger partial charge in [-0.25, -0.2) is 13.9 Å². The van der Waals surface area contributed by atoms with Gasteiger partial charge >= 0.3 is 5.97 Å². The number of fused-ring (bicyclic) bond motifs is 1. The molecule has 39 heavy (non-hydrogen) atoms. The number of carboxylic acids is 1. The molecule has 206 valence electrons. The van der Waals surface area contributed by atoms with E-state index in [2.05, 4.69) is 39.5 Å². The lowest BCUT2D eigenvalue weighted by Crippen LogP contribution is -2.70. The van der Waals surface area contributed by atoms with Gasteiger partial charge in [0, 0.05) is 37.3 Å². The number of piperazine rings is 1. The largest absolute Gasteiger partial charge is 0.481 e. The molecular formula is C30H36FN5O3. The fourth-order valence-electron chi connectivity index (χ4n) is 7.17. The second kappa shape index (κ2) is 8.34. The van der Waals surface area contributed by atoms with E-state index in [1.807, 2.05) is 11.0 Å². The first-order chi connectivity index (χ1) is 18.2. The number of nitrogens with zero attached hydrogens (tertiary/aromatic N) is 5. The maximum atomic E-state index is 13.8. The second-order valence-electron chi connectivity index (χ2n) is 13.7. The second-order valence-corrected chi connectivity index (χ2v) is 13.7. The number of imidazole rings is 1. The lowest BCUT2D eigenvalue weighted by atomic mass is 9.35. The Hall–Kier alpha value is -3.33. The van der Waals surface area contributed by atoms with Gasteiger partial charge in [0.05, 0.1) is 22.8 Å². The number of aromatic nitrogens is 3. The van der Waals surface area contributed by atoms with Crippen molar-refractivity contribution in [1.29, 1.82) is 0 Å². The highest BCUT2D eigenvalue weighted by Crippen LogP contribution is 2.73. The molecule has 0 atom stereocenters. The lowest BCUT2D eigenvalue weighted by molar-refractivity contribution is -0.229. The Morgan fingerprint density at radius 2 is 1.74 bits per heavy atom. The Bertz CT molecular complexity index is 1470. The molecule has 8 nitrogen and oxygen atoms in total. The number of carboxylic acid groups (broad SMARTS) is 1.